The Labute approximate surface area is 171 Å². The zero-order chi connectivity index (χ0) is 20.1. The molecule has 0 aliphatic heterocycles. The van der Waals surface area contributed by atoms with Gasteiger partial charge in [0.15, 0.2) is 0 Å². The summed E-state index contributed by atoms with van der Waals surface area (Å²) in [5.41, 5.74) is 1.72. The number of hydrogen-bond acceptors (Lipinski definition) is 6. The first kappa shape index (κ1) is 20.6. The predicted octanol–water partition coefficient (Wildman–Crippen LogP) is 5.27. The Bertz CT molecular complexity index is 969. The van der Waals surface area contributed by atoms with Crippen molar-refractivity contribution in [2.75, 3.05) is 6.61 Å². The van der Waals surface area contributed by atoms with Crippen molar-refractivity contribution >= 4 is 30.4 Å². The first-order valence-corrected chi connectivity index (χ1v) is 14.2. The van der Waals surface area contributed by atoms with Crippen LogP contribution in [0.4, 0.5) is 0 Å². The van der Waals surface area contributed by atoms with E-state index in [1.54, 1.807) is 17.7 Å². The van der Waals surface area contributed by atoms with Crippen LogP contribution in [0.2, 0.25) is 25.7 Å². The number of fused-ring (bicyclic) bond motifs is 1. The maximum atomic E-state index is 9.39. The number of nitriles is 1. The molecule has 3 heterocycles. The molecule has 6 nitrogen and oxygen atoms in total. The van der Waals surface area contributed by atoms with Crippen LogP contribution in [0.15, 0.2) is 24.8 Å². The van der Waals surface area contributed by atoms with Crippen LogP contribution in [0.1, 0.15) is 30.7 Å². The van der Waals surface area contributed by atoms with Crippen LogP contribution in [0, 0.1) is 11.3 Å². The van der Waals surface area contributed by atoms with Crippen LogP contribution in [-0.4, -0.2) is 34.2 Å². The Balaban J connectivity index is 1.80. The van der Waals surface area contributed by atoms with E-state index in [4.69, 9.17) is 4.74 Å². The summed E-state index contributed by atoms with van der Waals surface area (Å²) in [6, 6.07) is 5.54. The fourth-order valence-electron chi connectivity index (χ4n) is 2.94. The molecule has 0 aliphatic rings. The van der Waals surface area contributed by atoms with E-state index in [1.165, 1.54) is 0 Å². The second kappa shape index (κ2) is 8.95. The topological polar surface area (TPSA) is 76.6 Å². The number of aromatic nitrogens is 4. The van der Waals surface area contributed by atoms with Crippen LogP contribution < -0.4 is 0 Å². The molecule has 0 radical (unpaired) electrons. The molecule has 0 spiro atoms. The van der Waals surface area contributed by atoms with Crippen molar-refractivity contribution < 1.29 is 4.74 Å². The van der Waals surface area contributed by atoms with E-state index in [0.29, 0.717) is 6.73 Å². The molecule has 3 aromatic heterocycles. The van der Waals surface area contributed by atoms with Crippen molar-refractivity contribution in [2.24, 2.45) is 0 Å². The number of thiazole rings is 1. The average molecular weight is 414 g/mol. The zero-order valence-corrected chi connectivity index (χ0v) is 18.8. The van der Waals surface area contributed by atoms with Gasteiger partial charge in [-0.1, -0.05) is 33.0 Å². The van der Waals surface area contributed by atoms with Crippen LogP contribution >= 0.6 is 11.3 Å². The first-order chi connectivity index (χ1) is 13.4. The Hall–Kier alpha value is -2.08. The van der Waals surface area contributed by atoms with Gasteiger partial charge in [-0.15, -0.1) is 11.3 Å². The van der Waals surface area contributed by atoms with E-state index in [1.807, 2.05) is 23.0 Å². The monoisotopic (exact) mass is 413 g/mol. The summed E-state index contributed by atoms with van der Waals surface area (Å²) >= 11 is 1.55. The first-order valence-electron chi connectivity index (χ1n) is 9.66. The summed E-state index contributed by atoms with van der Waals surface area (Å²) in [6.45, 7) is 10.4. The lowest BCUT2D eigenvalue weighted by atomic mass is 10.1. The summed E-state index contributed by atoms with van der Waals surface area (Å²) < 4.78 is 7.89. The number of rotatable bonds is 9. The minimum atomic E-state index is -1.09. The van der Waals surface area contributed by atoms with Gasteiger partial charge in [-0.2, -0.15) is 5.26 Å². The molecule has 8 heteroatoms. The van der Waals surface area contributed by atoms with Crippen molar-refractivity contribution in [3.05, 3.63) is 29.8 Å². The number of nitrogens with zero attached hydrogens (tertiary/aromatic N) is 5. The molecule has 0 amide bonds. The zero-order valence-electron chi connectivity index (χ0n) is 17.0. The lowest BCUT2D eigenvalue weighted by molar-refractivity contribution is 0.0899. The second-order valence-electron chi connectivity index (χ2n) is 8.13. The van der Waals surface area contributed by atoms with E-state index in [2.05, 4.69) is 47.6 Å². The molecule has 0 bridgehead atoms. The van der Waals surface area contributed by atoms with Crippen molar-refractivity contribution in [1.29, 1.82) is 5.26 Å². The predicted molar refractivity (Wildman–Crippen MR) is 116 cm³/mol. The molecule has 0 N–H and O–H groups in total. The average Bonchev–Trinajstić information content (AvgIpc) is 3.30. The van der Waals surface area contributed by atoms with Gasteiger partial charge < -0.3 is 9.30 Å². The normalized spacial score (nSPS) is 13.0. The maximum absolute atomic E-state index is 9.39. The van der Waals surface area contributed by atoms with Gasteiger partial charge in [0.25, 0.3) is 0 Å². The molecule has 0 unspecified atom stereocenters. The van der Waals surface area contributed by atoms with E-state index in [0.717, 1.165) is 52.1 Å². The van der Waals surface area contributed by atoms with E-state index < -0.39 is 8.07 Å². The van der Waals surface area contributed by atoms with Gasteiger partial charge in [-0.05, 0) is 18.5 Å². The van der Waals surface area contributed by atoms with Crippen molar-refractivity contribution in [2.45, 2.75) is 58.1 Å². The molecule has 3 aromatic rings. The third-order valence-corrected chi connectivity index (χ3v) is 7.39. The third kappa shape index (κ3) is 4.84. The van der Waals surface area contributed by atoms with Crippen molar-refractivity contribution in [3.8, 4) is 16.6 Å². The van der Waals surface area contributed by atoms with E-state index in [9.17, 15) is 5.26 Å². The Morgan fingerprint density at radius 2 is 2.11 bits per heavy atom. The molecule has 28 heavy (non-hydrogen) atoms. The summed E-state index contributed by atoms with van der Waals surface area (Å²) in [5, 5.41) is 11.2. The molecule has 0 aromatic carbocycles. The Kier molecular flexibility index (Phi) is 6.60. The molecule has 0 fully saturated rings. The van der Waals surface area contributed by atoms with Gasteiger partial charge in [0.05, 0.1) is 22.6 Å². The minimum Gasteiger partial charge on any atom is -0.361 e. The Morgan fingerprint density at radius 1 is 1.29 bits per heavy atom. The molecule has 148 valence electrons. The molecular weight excluding hydrogens is 386 g/mol. The highest BCUT2D eigenvalue weighted by Crippen LogP contribution is 2.34. The van der Waals surface area contributed by atoms with Crippen molar-refractivity contribution in [1.82, 2.24) is 19.5 Å². The van der Waals surface area contributed by atoms with E-state index in [-0.39, 0.29) is 5.92 Å². The Morgan fingerprint density at radius 3 is 2.82 bits per heavy atom. The third-order valence-electron chi connectivity index (χ3n) is 4.57. The van der Waals surface area contributed by atoms with Gasteiger partial charge in [0, 0.05) is 32.5 Å². The van der Waals surface area contributed by atoms with Gasteiger partial charge in [-0.25, -0.2) is 15.0 Å². The molecular formula is C20H27N5OSSi. The highest BCUT2D eigenvalue weighted by Gasteiger charge is 2.18. The highest BCUT2D eigenvalue weighted by molar-refractivity contribution is 7.15. The SMILES string of the molecule is CCC[C@H](C#N)c1ncc(-c2ncnc3c2ccn3COCC[Si](C)(C)C)s1. The summed E-state index contributed by atoms with van der Waals surface area (Å²) in [4.78, 5) is 14.4. The fraction of sp³-hybridized carbons (Fsp3) is 0.500. The molecule has 0 saturated carbocycles. The van der Waals surface area contributed by atoms with Gasteiger partial charge >= 0.3 is 0 Å². The number of hydrogen-bond donors (Lipinski definition) is 0. The molecule has 0 saturated heterocycles. The largest absolute Gasteiger partial charge is 0.361 e. The summed E-state index contributed by atoms with van der Waals surface area (Å²) in [5.74, 6) is -0.148. The number of ether oxygens (including phenoxy) is 1. The van der Waals surface area contributed by atoms with Gasteiger partial charge in [-0.3, -0.25) is 0 Å². The molecule has 1 atom stereocenters. The van der Waals surface area contributed by atoms with Crippen LogP contribution in [0.5, 0.6) is 0 Å². The lowest BCUT2D eigenvalue weighted by Crippen LogP contribution is -2.22. The maximum Gasteiger partial charge on any atom is 0.145 e. The smallest absolute Gasteiger partial charge is 0.145 e. The molecule has 0 aliphatic carbocycles. The minimum absolute atomic E-state index is 0.148. The van der Waals surface area contributed by atoms with Crippen LogP contribution in [0.25, 0.3) is 21.6 Å². The lowest BCUT2D eigenvalue weighted by Gasteiger charge is -2.15. The van der Waals surface area contributed by atoms with Gasteiger partial charge in [0.1, 0.15) is 23.7 Å². The highest BCUT2D eigenvalue weighted by atomic mass is 32.1. The van der Waals surface area contributed by atoms with Crippen molar-refractivity contribution in [3.63, 3.8) is 0 Å². The molecule has 3 rings (SSSR count). The second-order valence-corrected chi connectivity index (χ2v) is 14.8. The summed E-state index contributed by atoms with van der Waals surface area (Å²) in [7, 11) is -1.09. The van der Waals surface area contributed by atoms with Gasteiger partial charge in [0.2, 0.25) is 0 Å². The summed E-state index contributed by atoms with van der Waals surface area (Å²) in [6.07, 6.45) is 7.20. The van der Waals surface area contributed by atoms with Crippen LogP contribution in [0.3, 0.4) is 0 Å². The fourth-order valence-corrected chi connectivity index (χ4v) is 4.70. The quantitative estimate of drug-likeness (QED) is 0.352. The van der Waals surface area contributed by atoms with E-state index >= 15 is 0 Å². The standard InChI is InChI=1S/C20H27N5OSSi/c1-5-6-15(11-21)20-22-12-17(27-20)18-16-7-8-25(19(16)24-13-23-18)14-26-9-10-28(2,3)4/h7-8,12-13,15H,5-6,9-10,14H2,1-4H3/t15-/m1/s1. The van der Waals surface area contributed by atoms with Crippen LogP contribution in [-0.2, 0) is 11.5 Å².